The Morgan fingerprint density at radius 1 is 1.43 bits per heavy atom. The molecular weight excluding hydrogens is 182 g/mol. The van der Waals surface area contributed by atoms with Gasteiger partial charge in [-0.25, -0.2) is 0 Å². The van der Waals surface area contributed by atoms with Gasteiger partial charge in [0, 0.05) is 11.1 Å². The van der Waals surface area contributed by atoms with Gasteiger partial charge in [-0.2, -0.15) is 0 Å². The zero-order valence-electron chi connectivity index (χ0n) is 7.69. The molecule has 4 nitrogen and oxygen atoms in total. The second-order valence-electron chi connectivity index (χ2n) is 3.44. The van der Waals surface area contributed by atoms with Gasteiger partial charge in [-0.3, -0.25) is 4.79 Å². The lowest BCUT2D eigenvalue weighted by Gasteiger charge is -2.26. The molecule has 0 spiro atoms. The summed E-state index contributed by atoms with van der Waals surface area (Å²) in [4.78, 5) is 11.4. The van der Waals surface area contributed by atoms with Crippen molar-refractivity contribution in [2.45, 2.75) is 18.8 Å². The van der Waals surface area contributed by atoms with Crippen LogP contribution in [0.1, 0.15) is 22.8 Å². The van der Waals surface area contributed by atoms with Crippen molar-refractivity contribution in [1.29, 1.82) is 0 Å². The maximum atomic E-state index is 11.4. The smallest absolute Gasteiger partial charge is 0.254 e. The molecule has 0 bridgehead atoms. The third-order valence-corrected chi connectivity index (χ3v) is 2.49. The Morgan fingerprint density at radius 2 is 2.07 bits per heavy atom. The van der Waals surface area contributed by atoms with E-state index in [9.17, 15) is 15.0 Å². The van der Waals surface area contributed by atoms with E-state index in [1.165, 1.54) is 6.92 Å². The highest BCUT2D eigenvalue weighted by atomic mass is 16.4. The van der Waals surface area contributed by atoms with Gasteiger partial charge < -0.3 is 15.5 Å². The summed E-state index contributed by atoms with van der Waals surface area (Å²) in [7, 11) is 0. The maximum Gasteiger partial charge on any atom is 0.254 e. The largest absolute Gasteiger partial charge is 0.388 e. The van der Waals surface area contributed by atoms with E-state index >= 15 is 0 Å². The third-order valence-electron chi connectivity index (χ3n) is 2.49. The van der Waals surface area contributed by atoms with Gasteiger partial charge in [0.25, 0.3) is 5.91 Å². The van der Waals surface area contributed by atoms with Gasteiger partial charge in [-0.1, -0.05) is 18.2 Å². The van der Waals surface area contributed by atoms with Gasteiger partial charge in [0.1, 0.15) is 6.10 Å². The normalized spacial score (nSPS) is 26.9. The van der Waals surface area contributed by atoms with Crippen LogP contribution in [0.2, 0.25) is 0 Å². The number of benzene rings is 1. The number of nitrogens with one attached hydrogen (secondary N) is 1. The molecule has 1 aliphatic heterocycles. The fraction of sp³-hybridized carbons (Fsp3) is 0.300. The van der Waals surface area contributed by atoms with E-state index in [-0.39, 0.29) is 5.91 Å². The Morgan fingerprint density at radius 3 is 2.71 bits per heavy atom. The number of aliphatic hydroxyl groups is 2. The highest BCUT2D eigenvalue weighted by Crippen LogP contribution is 2.31. The average molecular weight is 193 g/mol. The Balaban J connectivity index is 2.59. The molecule has 2 unspecified atom stereocenters. The van der Waals surface area contributed by atoms with Crippen LogP contribution < -0.4 is 5.32 Å². The van der Waals surface area contributed by atoms with Crippen molar-refractivity contribution >= 4 is 5.91 Å². The minimum Gasteiger partial charge on any atom is -0.388 e. The van der Waals surface area contributed by atoms with Crippen molar-refractivity contribution in [3.63, 3.8) is 0 Å². The summed E-state index contributed by atoms with van der Waals surface area (Å²) in [5.41, 5.74) is -0.802. The molecule has 3 N–H and O–H groups in total. The quantitative estimate of drug-likeness (QED) is 0.586. The fourth-order valence-corrected chi connectivity index (χ4v) is 1.65. The summed E-state index contributed by atoms with van der Waals surface area (Å²) >= 11 is 0. The van der Waals surface area contributed by atoms with E-state index in [0.717, 1.165) is 0 Å². The molecule has 1 heterocycles. The molecule has 2 rings (SSSR count). The minimum absolute atomic E-state index is 0.357. The number of hydrogen-bond acceptors (Lipinski definition) is 3. The van der Waals surface area contributed by atoms with Crippen LogP contribution in [0.4, 0.5) is 0 Å². The van der Waals surface area contributed by atoms with E-state index in [4.69, 9.17) is 0 Å². The van der Waals surface area contributed by atoms with Crippen LogP contribution in [-0.2, 0) is 5.72 Å². The van der Waals surface area contributed by atoms with Crippen molar-refractivity contribution in [3.8, 4) is 0 Å². The average Bonchev–Trinajstić information content (AvgIpc) is 2.42. The van der Waals surface area contributed by atoms with E-state index in [1.54, 1.807) is 24.3 Å². The Labute approximate surface area is 81.2 Å². The van der Waals surface area contributed by atoms with E-state index in [1.807, 2.05) is 0 Å². The first-order chi connectivity index (χ1) is 6.55. The van der Waals surface area contributed by atoms with Crippen molar-refractivity contribution in [2.75, 3.05) is 0 Å². The molecule has 0 saturated heterocycles. The molecule has 2 atom stereocenters. The first-order valence-electron chi connectivity index (χ1n) is 4.38. The second kappa shape index (κ2) is 2.80. The van der Waals surface area contributed by atoms with Gasteiger partial charge in [-0.05, 0) is 13.0 Å². The summed E-state index contributed by atoms with van der Waals surface area (Å²) in [6.45, 7) is 1.43. The van der Waals surface area contributed by atoms with Crippen LogP contribution in [0, 0.1) is 0 Å². The molecule has 1 aliphatic rings. The zero-order chi connectivity index (χ0) is 10.3. The third kappa shape index (κ3) is 1.05. The molecule has 1 amide bonds. The highest BCUT2D eigenvalue weighted by Gasteiger charge is 2.44. The van der Waals surface area contributed by atoms with E-state index < -0.39 is 11.8 Å². The van der Waals surface area contributed by atoms with Crippen LogP contribution in [0.25, 0.3) is 0 Å². The van der Waals surface area contributed by atoms with Crippen molar-refractivity contribution in [3.05, 3.63) is 35.4 Å². The molecule has 14 heavy (non-hydrogen) atoms. The van der Waals surface area contributed by atoms with Gasteiger partial charge in [-0.15, -0.1) is 0 Å². The first kappa shape index (κ1) is 9.18. The van der Waals surface area contributed by atoms with E-state index in [0.29, 0.717) is 11.1 Å². The van der Waals surface area contributed by atoms with Gasteiger partial charge in [0.2, 0.25) is 0 Å². The lowest BCUT2D eigenvalue weighted by Crippen LogP contribution is -2.47. The molecular formula is C10H11NO3. The van der Waals surface area contributed by atoms with Gasteiger partial charge >= 0.3 is 0 Å². The van der Waals surface area contributed by atoms with Crippen molar-refractivity contribution in [1.82, 2.24) is 5.32 Å². The summed E-state index contributed by atoms with van der Waals surface area (Å²) in [5, 5.41) is 21.8. The van der Waals surface area contributed by atoms with Crippen molar-refractivity contribution < 1.29 is 15.0 Å². The number of rotatable bonds is 1. The SMILES string of the molecule is CC(O)C1(O)NC(=O)c2ccccc21. The lowest BCUT2D eigenvalue weighted by molar-refractivity contribution is -0.0836. The summed E-state index contributed by atoms with van der Waals surface area (Å²) < 4.78 is 0. The number of carbonyl (C=O) groups excluding carboxylic acids is 1. The molecule has 0 aromatic heterocycles. The van der Waals surface area contributed by atoms with Gasteiger partial charge in [0.15, 0.2) is 5.72 Å². The standard InChI is InChI=1S/C10H11NO3/c1-6(12)10(14)8-5-3-2-4-7(8)9(13)11-10/h2-6,12,14H,1H3,(H,11,13). The lowest BCUT2D eigenvalue weighted by atomic mass is 9.98. The van der Waals surface area contributed by atoms with Crippen LogP contribution in [0.5, 0.6) is 0 Å². The number of hydrogen-bond donors (Lipinski definition) is 3. The Kier molecular flexibility index (Phi) is 1.83. The number of aliphatic hydroxyl groups excluding tert-OH is 1. The number of carbonyl (C=O) groups is 1. The highest BCUT2D eigenvalue weighted by molar-refractivity contribution is 5.99. The predicted molar refractivity (Wildman–Crippen MR) is 49.5 cm³/mol. The number of fused-ring (bicyclic) bond motifs is 1. The fourth-order valence-electron chi connectivity index (χ4n) is 1.65. The monoisotopic (exact) mass is 193 g/mol. The molecule has 0 radical (unpaired) electrons. The van der Waals surface area contributed by atoms with E-state index in [2.05, 4.69) is 5.32 Å². The second-order valence-corrected chi connectivity index (χ2v) is 3.44. The topological polar surface area (TPSA) is 69.6 Å². The molecule has 4 heteroatoms. The molecule has 1 aromatic rings. The van der Waals surface area contributed by atoms with Crippen molar-refractivity contribution in [2.24, 2.45) is 0 Å². The Hall–Kier alpha value is -1.39. The first-order valence-corrected chi connectivity index (χ1v) is 4.38. The minimum atomic E-state index is -1.65. The molecule has 1 aromatic carbocycles. The van der Waals surface area contributed by atoms with Crippen LogP contribution >= 0.6 is 0 Å². The Bertz CT molecular complexity index is 389. The van der Waals surface area contributed by atoms with Crippen LogP contribution in [-0.4, -0.2) is 22.2 Å². The number of amides is 1. The summed E-state index contributed by atoms with van der Waals surface area (Å²) in [6.07, 6.45) is -1.05. The molecule has 0 fully saturated rings. The predicted octanol–water partition coefficient (Wildman–Crippen LogP) is -0.0441. The zero-order valence-corrected chi connectivity index (χ0v) is 7.69. The van der Waals surface area contributed by atoms with Gasteiger partial charge in [0.05, 0.1) is 0 Å². The van der Waals surface area contributed by atoms with Crippen LogP contribution in [0.3, 0.4) is 0 Å². The molecule has 0 saturated carbocycles. The maximum absolute atomic E-state index is 11.4. The summed E-state index contributed by atoms with van der Waals surface area (Å²) in [6, 6.07) is 6.67. The summed E-state index contributed by atoms with van der Waals surface area (Å²) in [5.74, 6) is -0.357. The van der Waals surface area contributed by atoms with Crippen LogP contribution in [0.15, 0.2) is 24.3 Å². The molecule has 0 aliphatic carbocycles. The molecule has 74 valence electrons.